The second-order valence-electron chi connectivity index (χ2n) is 8.24. The lowest BCUT2D eigenvalue weighted by molar-refractivity contribution is -0.120. The average molecular weight is 423 g/mol. The molecule has 0 spiro atoms. The lowest BCUT2D eigenvalue weighted by Crippen LogP contribution is -2.45. The van der Waals surface area contributed by atoms with Gasteiger partial charge in [0.2, 0.25) is 5.91 Å². The summed E-state index contributed by atoms with van der Waals surface area (Å²) in [5.41, 5.74) is 5.13. The summed E-state index contributed by atoms with van der Waals surface area (Å²) in [4.78, 5) is 29.5. The molecule has 1 heterocycles. The highest BCUT2D eigenvalue weighted by Crippen LogP contribution is 2.14. The fourth-order valence-corrected chi connectivity index (χ4v) is 3.79. The van der Waals surface area contributed by atoms with Gasteiger partial charge in [-0.15, -0.1) is 0 Å². The van der Waals surface area contributed by atoms with Crippen LogP contribution in [-0.2, 0) is 17.9 Å². The molecule has 0 aromatic heterocycles. The van der Waals surface area contributed by atoms with Crippen LogP contribution in [0.3, 0.4) is 0 Å². The smallest absolute Gasteiger partial charge is 0.251 e. The van der Waals surface area contributed by atoms with E-state index in [2.05, 4.69) is 39.5 Å². The number of amides is 2. The fourth-order valence-electron chi connectivity index (χ4n) is 3.79. The molecule has 1 saturated heterocycles. The zero-order valence-corrected chi connectivity index (χ0v) is 18.9. The third kappa shape index (κ3) is 6.64. The Bertz CT molecular complexity index is 904. The number of nitrogens with one attached hydrogen (secondary N) is 2. The summed E-state index contributed by atoms with van der Waals surface area (Å²) in [7, 11) is 0. The molecule has 0 atom stereocenters. The van der Waals surface area contributed by atoms with Gasteiger partial charge < -0.3 is 15.5 Å². The Morgan fingerprint density at radius 2 is 1.55 bits per heavy atom. The Morgan fingerprint density at radius 1 is 0.871 bits per heavy atom. The third-order valence-electron chi connectivity index (χ3n) is 6.08. The van der Waals surface area contributed by atoms with E-state index in [4.69, 9.17) is 0 Å². The summed E-state index contributed by atoms with van der Waals surface area (Å²) in [6.07, 6.45) is 0. The molecular weight excluding hydrogens is 388 g/mol. The number of likely N-dealkylation sites (N-methyl/N-ethyl adjacent to an activating group) is 1. The van der Waals surface area contributed by atoms with Crippen molar-refractivity contribution >= 4 is 11.8 Å². The van der Waals surface area contributed by atoms with E-state index in [1.54, 1.807) is 6.07 Å². The standard InChI is InChI=1S/C25H34N4O2/c1-4-28-11-13-29(14-12-28)18-23-8-6-5-7-22(23)16-26-24(30)17-27-25(31)21-10-9-19(2)20(3)15-21/h5-10,15H,4,11-14,16-18H2,1-3H3,(H,26,30)(H,27,31). The topological polar surface area (TPSA) is 64.7 Å². The highest BCUT2D eigenvalue weighted by molar-refractivity contribution is 5.96. The number of hydrogen-bond acceptors (Lipinski definition) is 4. The number of nitrogens with zero attached hydrogens (tertiary/aromatic N) is 2. The van der Waals surface area contributed by atoms with Crippen LogP contribution < -0.4 is 10.6 Å². The Labute approximate surface area is 185 Å². The summed E-state index contributed by atoms with van der Waals surface area (Å²) >= 11 is 0. The van der Waals surface area contributed by atoms with Crippen molar-refractivity contribution in [2.75, 3.05) is 39.3 Å². The van der Waals surface area contributed by atoms with Crippen molar-refractivity contribution < 1.29 is 9.59 Å². The quantitative estimate of drug-likeness (QED) is 0.686. The van der Waals surface area contributed by atoms with Gasteiger partial charge >= 0.3 is 0 Å². The van der Waals surface area contributed by atoms with Gasteiger partial charge in [0, 0.05) is 44.8 Å². The van der Waals surface area contributed by atoms with Crippen LogP contribution in [0.5, 0.6) is 0 Å². The molecule has 0 unspecified atom stereocenters. The van der Waals surface area contributed by atoms with E-state index in [1.807, 2.05) is 38.1 Å². The summed E-state index contributed by atoms with van der Waals surface area (Å²) in [6, 6.07) is 13.8. The number of benzene rings is 2. The lowest BCUT2D eigenvalue weighted by atomic mass is 10.1. The molecule has 1 aliphatic heterocycles. The first kappa shape index (κ1) is 23.0. The van der Waals surface area contributed by atoms with Crippen LogP contribution >= 0.6 is 0 Å². The molecule has 0 saturated carbocycles. The van der Waals surface area contributed by atoms with Crippen molar-refractivity contribution in [3.63, 3.8) is 0 Å². The molecule has 2 N–H and O–H groups in total. The van der Waals surface area contributed by atoms with Gasteiger partial charge in [-0.2, -0.15) is 0 Å². The van der Waals surface area contributed by atoms with Crippen molar-refractivity contribution in [2.24, 2.45) is 0 Å². The number of piperazine rings is 1. The molecule has 0 bridgehead atoms. The van der Waals surface area contributed by atoms with Crippen LogP contribution in [0.1, 0.15) is 39.5 Å². The number of aryl methyl sites for hydroxylation is 2. The lowest BCUT2D eigenvalue weighted by Gasteiger charge is -2.34. The molecule has 2 aromatic carbocycles. The predicted molar refractivity (Wildman–Crippen MR) is 124 cm³/mol. The van der Waals surface area contributed by atoms with Crippen molar-refractivity contribution in [1.82, 2.24) is 20.4 Å². The van der Waals surface area contributed by atoms with E-state index in [1.165, 1.54) is 5.56 Å². The molecule has 1 aliphatic rings. The molecule has 2 amide bonds. The summed E-state index contributed by atoms with van der Waals surface area (Å²) in [6.45, 7) is 13.0. The van der Waals surface area contributed by atoms with Gasteiger partial charge in [0.1, 0.15) is 0 Å². The van der Waals surface area contributed by atoms with E-state index >= 15 is 0 Å². The highest BCUT2D eigenvalue weighted by atomic mass is 16.2. The molecule has 6 heteroatoms. The third-order valence-corrected chi connectivity index (χ3v) is 6.08. The molecule has 31 heavy (non-hydrogen) atoms. The van der Waals surface area contributed by atoms with Gasteiger partial charge in [-0.3, -0.25) is 14.5 Å². The zero-order valence-electron chi connectivity index (χ0n) is 18.9. The van der Waals surface area contributed by atoms with Crippen molar-refractivity contribution in [3.05, 3.63) is 70.3 Å². The van der Waals surface area contributed by atoms with Gasteiger partial charge in [0.25, 0.3) is 5.91 Å². The minimum atomic E-state index is -0.232. The van der Waals surface area contributed by atoms with Gasteiger partial charge in [-0.25, -0.2) is 0 Å². The number of carbonyl (C=O) groups is 2. The Morgan fingerprint density at radius 3 is 2.23 bits per heavy atom. The molecule has 3 rings (SSSR count). The highest BCUT2D eigenvalue weighted by Gasteiger charge is 2.17. The van der Waals surface area contributed by atoms with Crippen LogP contribution in [-0.4, -0.2) is 60.9 Å². The summed E-state index contributed by atoms with van der Waals surface area (Å²) < 4.78 is 0. The molecule has 166 valence electrons. The fraction of sp³-hybridized carbons (Fsp3) is 0.440. The van der Waals surface area contributed by atoms with Crippen LogP contribution in [0.25, 0.3) is 0 Å². The Hall–Kier alpha value is -2.70. The van der Waals surface area contributed by atoms with Gasteiger partial charge in [0.05, 0.1) is 6.54 Å². The van der Waals surface area contributed by atoms with Crippen LogP contribution in [0.15, 0.2) is 42.5 Å². The number of hydrogen-bond donors (Lipinski definition) is 2. The summed E-state index contributed by atoms with van der Waals surface area (Å²) in [5, 5.41) is 5.65. The van der Waals surface area contributed by atoms with Crippen LogP contribution in [0.2, 0.25) is 0 Å². The normalized spacial score (nSPS) is 14.9. The molecule has 0 radical (unpaired) electrons. The molecule has 2 aromatic rings. The largest absolute Gasteiger partial charge is 0.350 e. The molecule has 0 aliphatic carbocycles. The van der Waals surface area contributed by atoms with Gasteiger partial charge in [0.15, 0.2) is 0 Å². The summed E-state index contributed by atoms with van der Waals surface area (Å²) in [5.74, 6) is -0.423. The second kappa shape index (κ2) is 11.1. The van der Waals surface area contributed by atoms with E-state index in [-0.39, 0.29) is 18.4 Å². The van der Waals surface area contributed by atoms with Gasteiger partial charge in [-0.05, 0) is 54.8 Å². The maximum atomic E-state index is 12.3. The predicted octanol–water partition coefficient (Wildman–Crippen LogP) is 2.49. The van der Waals surface area contributed by atoms with Crippen LogP contribution in [0.4, 0.5) is 0 Å². The molecule has 1 fully saturated rings. The van der Waals surface area contributed by atoms with Crippen molar-refractivity contribution in [2.45, 2.75) is 33.9 Å². The average Bonchev–Trinajstić information content (AvgIpc) is 2.79. The minimum absolute atomic E-state index is 0.0348. The zero-order chi connectivity index (χ0) is 22.2. The van der Waals surface area contributed by atoms with E-state index in [0.717, 1.165) is 56.0 Å². The second-order valence-corrected chi connectivity index (χ2v) is 8.24. The van der Waals surface area contributed by atoms with Crippen molar-refractivity contribution in [1.29, 1.82) is 0 Å². The molecule has 6 nitrogen and oxygen atoms in total. The monoisotopic (exact) mass is 422 g/mol. The Balaban J connectivity index is 1.48. The first-order chi connectivity index (χ1) is 15.0. The number of rotatable bonds is 8. The first-order valence-electron chi connectivity index (χ1n) is 11.1. The Kier molecular flexibility index (Phi) is 8.20. The maximum Gasteiger partial charge on any atom is 0.251 e. The van der Waals surface area contributed by atoms with Crippen LogP contribution in [0, 0.1) is 13.8 Å². The number of carbonyl (C=O) groups excluding carboxylic acids is 2. The van der Waals surface area contributed by atoms with Gasteiger partial charge in [-0.1, -0.05) is 37.3 Å². The first-order valence-corrected chi connectivity index (χ1v) is 11.1. The maximum absolute atomic E-state index is 12.3. The minimum Gasteiger partial charge on any atom is -0.350 e. The SMILES string of the molecule is CCN1CCN(Cc2ccccc2CNC(=O)CNC(=O)c2ccc(C)c(C)c2)CC1. The van der Waals surface area contributed by atoms with E-state index in [9.17, 15) is 9.59 Å². The molecular formula is C25H34N4O2. The van der Waals surface area contributed by atoms with E-state index in [0.29, 0.717) is 12.1 Å². The van der Waals surface area contributed by atoms with E-state index < -0.39 is 0 Å². The van der Waals surface area contributed by atoms with Crippen molar-refractivity contribution in [3.8, 4) is 0 Å².